The highest BCUT2D eigenvalue weighted by molar-refractivity contribution is 9.10. The van der Waals surface area contributed by atoms with Crippen molar-refractivity contribution in [3.05, 3.63) is 44.6 Å². The summed E-state index contributed by atoms with van der Waals surface area (Å²) in [6.07, 6.45) is 1.46. The maximum Gasteiger partial charge on any atom is 0.335 e. The second kappa shape index (κ2) is 6.01. The minimum atomic E-state index is -0.807. The molecule has 126 valence electrons. The van der Waals surface area contributed by atoms with Gasteiger partial charge >= 0.3 is 6.03 Å². The minimum Gasteiger partial charge on any atom is -0.454 e. The SMILES string of the molecule is O=C1NC(=O)N(c2ccc3c(c2)OCO3)C(=O)/C1=C/c1cc(Br)cs1. The summed E-state index contributed by atoms with van der Waals surface area (Å²) in [4.78, 5) is 38.6. The van der Waals surface area contributed by atoms with Crippen LogP contribution in [0.5, 0.6) is 11.5 Å². The van der Waals surface area contributed by atoms with Gasteiger partial charge in [0, 0.05) is 20.8 Å². The average molecular weight is 421 g/mol. The van der Waals surface area contributed by atoms with E-state index in [1.165, 1.54) is 23.5 Å². The molecular weight excluding hydrogens is 412 g/mol. The zero-order valence-corrected chi connectivity index (χ0v) is 14.8. The molecule has 25 heavy (non-hydrogen) atoms. The number of imide groups is 2. The molecule has 1 aromatic carbocycles. The van der Waals surface area contributed by atoms with Gasteiger partial charge in [0.25, 0.3) is 11.8 Å². The van der Waals surface area contributed by atoms with Gasteiger partial charge < -0.3 is 9.47 Å². The van der Waals surface area contributed by atoms with Crippen LogP contribution < -0.4 is 19.7 Å². The number of thiophene rings is 1. The highest BCUT2D eigenvalue weighted by Gasteiger charge is 2.37. The van der Waals surface area contributed by atoms with E-state index in [9.17, 15) is 14.4 Å². The van der Waals surface area contributed by atoms with E-state index in [1.54, 1.807) is 18.2 Å². The van der Waals surface area contributed by atoms with Gasteiger partial charge in [-0.1, -0.05) is 0 Å². The Morgan fingerprint density at radius 3 is 2.72 bits per heavy atom. The Balaban J connectivity index is 1.72. The third kappa shape index (κ3) is 2.81. The van der Waals surface area contributed by atoms with Crippen LogP contribution >= 0.6 is 27.3 Å². The molecule has 2 aliphatic rings. The zero-order valence-electron chi connectivity index (χ0n) is 12.4. The van der Waals surface area contributed by atoms with E-state index < -0.39 is 17.8 Å². The number of urea groups is 1. The van der Waals surface area contributed by atoms with Crippen molar-refractivity contribution in [2.45, 2.75) is 0 Å². The summed E-state index contributed by atoms with van der Waals surface area (Å²) in [6, 6.07) is 5.65. The lowest BCUT2D eigenvalue weighted by molar-refractivity contribution is -0.122. The van der Waals surface area contributed by atoms with E-state index in [2.05, 4.69) is 21.2 Å². The van der Waals surface area contributed by atoms with E-state index in [-0.39, 0.29) is 18.1 Å². The van der Waals surface area contributed by atoms with Crippen LogP contribution in [0.3, 0.4) is 0 Å². The fraction of sp³-hybridized carbons (Fsp3) is 0.0625. The Bertz CT molecular complexity index is 952. The molecule has 1 fully saturated rings. The number of hydrogen-bond donors (Lipinski definition) is 1. The van der Waals surface area contributed by atoms with Crippen LogP contribution in [0.4, 0.5) is 10.5 Å². The smallest absolute Gasteiger partial charge is 0.335 e. The first-order valence-electron chi connectivity index (χ1n) is 7.08. The number of fused-ring (bicyclic) bond motifs is 1. The van der Waals surface area contributed by atoms with Gasteiger partial charge in [-0.3, -0.25) is 14.9 Å². The second-order valence-electron chi connectivity index (χ2n) is 5.16. The van der Waals surface area contributed by atoms with Crippen LogP contribution in [0, 0.1) is 0 Å². The number of nitrogens with zero attached hydrogens (tertiary/aromatic N) is 1. The third-order valence-corrected chi connectivity index (χ3v) is 5.23. The summed E-state index contributed by atoms with van der Waals surface area (Å²) in [5, 5.41) is 4.01. The van der Waals surface area contributed by atoms with E-state index in [0.717, 1.165) is 9.37 Å². The van der Waals surface area contributed by atoms with Crippen molar-refractivity contribution in [1.29, 1.82) is 0 Å². The van der Waals surface area contributed by atoms with E-state index in [1.807, 2.05) is 5.38 Å². The number of ether oxygens (including phenoxy) is 2. The van der Waals surface area contributed by atoms with Crippen LogP contribution in [0.2, 0.25) is 0 Å². The monoisotopic (exact) mass is 420 g/mol. The second-order valence-corrected chi connectivity index (χ2v) is 7.02. The predicted octanol–water partition coefficient (Wildman–Crippen LogP) is 2.91. The molecule has 0 atom stereocenters. The molecule has 0 radical (unpaired) electrons. The molecule has 0 bridgehead atoms. The zero-order chi connectivity index (χ0) is 17.6. The van der Waals surface area contributed by atoms with Gasteiger partial charge in [0.2, 0.25) is 6.79 Å². The van der Waals surface area contributed by atoms with Gasteiger partial charge in [-0.2, -0.15) is 0 Å². The average Bonchev–Trinajstić information content (AvgIpc) is 3.19. The normalized spacial score (nSPS) is 18.0. The van der Waals surface area contributed by atoms with Crippen LogP contribution in [0.1, 0.15) is 4.88 Å². The molecule has 4 amide bonds. The first kappa shape index (κ1) is 15.9. The molecular formula is C16H9BrN2O5S. The number of rotatable bonds is 2. The van der Waals surface area contributed by atoms with Crippen molar-refractivity contribution in [1.82, 2.24) is 5.32 Å². The fourth-order valence-electron chi connectivity index (χ4n) is 2.46. The number of barbiturate groups is 1. The maximum absolute atomic E-state index is 12.8. The summed E-state index contributed by atoms with van der Waals surface area (Å²) in [5.41, 5.74) is 0.170. The molecule has 4 rings (SSSR count). The van der Waals surface area contributed by atoms with Crippen molar-refractivity contribution >= 4 is 56.9 Å². The standard InChI is InChI=1S/C16H9BrN2O5S/c17-8-3-10(25-6-8)5-11-14(20)18-16(22)19(15(11)21)9-1-2-12-13(4-9)24-7-23-12/h1-6H,7H2,(H,18,20,22)/b11-5+. The molecule has 2 aromatic rings. The number of carbonyl (C=O) groups is 3. The lowest BCUT2D eigenvalue weighted by Crippen LogP contribution is -2.54. The Morgan fingerprint density at radius 2 is 1.96 bits per heavy atom. The van der Waals surface area contributed by atoms with Crippen LogP contribution in [0.15, 0.2) is 39.7 Å². The van der Waals surface area contributed by atoms with Crippen LogP contribution in [-0.4, -0.2) is 24.6 Å². The van der Waals surface area contributed by atoms with Crippen molar-refractivity contribution in [3.8, 4) is 11.5 Å². The number of halogens is 1. The molecule has 1 aromatic heterocycles. The van der Waals surface area contributed by atoms with Gasteiger partial charge in [-0.15, -0.1) is 11.3 Å². The van der Waals surface area contributed by atoms with Gasteiger partial charge in [0.1, 0.15) is 5.57 Å². The van der Waals surface area contributed by atoms with E-state index >= 15 is 0 Å². The lowest BCUT2D eigenvalue weighted by atomic mass is 10.1. The molecule has 0 unspecified atom stereocenters. The molecule has 1 N–H and O–H groups in total. The van der Waals surface area contributed by atoms with Crippen molar-refractivity contribution in [3.63, 3.8) is 0 Å². The van der Waals surface area contributed by atoms with Gasteiger partial charge in [0.15, 0.2) is 11.5 Å². The first-order chi connectivity index (χ1) is 12.0. The molecule has 9 heteroatoms. The Hall–Kier alpha value is -2.65. The number of benzene rings is 1. The third-order valence-electron chi connectivity index (χ3n) is 3.59. The summed E-state index contributed by atoms with van der Waals surface area (Å²) >= 11 is 4.69. The number of amides is 4. The van der Waals surface area contributed by atoms with Gasteiger partial charge in [0.05, 0.1) is 5.69 Å². The number of carbonyl (C=O) groups excluding carboxylic acids is 3. The lowest BCUT2D eigenvalue weighted by Gasteiger charge is -2.26. The quantitative estimate of drug-likeness (QED) is 0.596. The van der Waals surface area contributed by atoms with Gasteiger partial charge in [-0.05, 0) is 40.2 Å². The number of nitrogens with one attached hydrogen (secondary N) is 1. The summed E-state index contributed by atoms with van der Waals surface area (Å²) in [7, 11) is 0. The predicted molar refractivity (Wildman–Crippen MR) is 93.6 cm³/mol. The maximum atomic E-state index is 12.8. The van der Waals surface area contributed by atoms with E-state index in [4.69, 9.17) is 9.47 Å². The first-order valence-corrected chi connectivity index (χ1v) is 8.75. The molecule has 2 aliphatic heterocycles. The Morgan fingerprint density at radius 1 is 1.16 bits per heavy atom. The van der Waals surface area contributed by atoms with Crippen LogP contribution in [0.25, 0.3) is 6.08 Å². The number of anilines is 1. The molecule has 3 heterocycles. The fourth-order valence-corrected chi connectivity index (χ4v) is 3.84. The number of hydrogen-bond acceptors (Lipinski definition) is 6. The van der Waals surface area contributed by atoms with Gasteiger partial charge in [-0.25, -0.2) is 9.69 Å². The van der Waals surface area contributed by atoms with E-state index in [0.29, 0.717) is 16.4 Å². The molecule has 1 saturated heterocycles. The van der Waals surface area contributed by atoms with Crippen molar-refractivity contribution in [2.75, 3.05) is 11.7 Å². The van der Waals surface area contributed by atoms with Crippen LogP contribution in [-0.2, 0) is 9.59 Å². The summed E-state index contributed by atoms with van der Waals surface area (Å²) in [6.45, 7) is 0.0792. The Labute approximate surface area is 154 Å². The molecule has 0 saturated carbocycles. The molecule has 7 nitrogen and oxygen atoms in total. The summed E-state index contributed by atoms with van der Waals surface area (Å²) in [5.74, 6) is -0.458. The van der Waals surface area contributed by atoms with Crippen molar-refractivity contribution in [2.24, 2.45) is 0 Å². The minimum absolute atomic E-state index is 0.0792. The Kier molecular flexibility index (Phi) is 3.81. The van der Waals surface area contributed by atoms with Crippen molar-refractivity contribution < 1.29 is 23.9 Å². The highest BCUT2D eigenvalue weighted by atomic mass is 79.9. The molecule has 0 aliphatic carbocycles. The highest BCUT2D eigenvalue weighted by Crippen LogP contribution is 2.36. The topological polar surface area (TPSA) is 84.9 Å². The summed E-state index contributed by atoms with van der Waals surface area (Å²) < 4.78 is 11.3. The molecule has 0 spiro atoms. The largest absolute Gasteiger partial charge is 0.454 e.